The lowest BCUT2D eigenvalue weighted by molar-refractivity contribution is 0.142. The van der Waals surface area contributed by atoms with Gasteiger partial charge in [0.15, 0.2) is 0 Å². The lowest BCUT2D eigenvalue weighted by atomic mass is 9.97. The van der Waals surface area contributed by atoms with Gasteiger partial charge < -0.3 is 15.0 Å². The Morgan fingerprint density at radius 2 is 1.88 bits per heavy atom. The average Bonchev–Trinajstić information content (AvgIpc) is 3.16. The van der Waals surface area contributed by atoms with Crippen LogP contribution in [-0.2, 0) is 12.8 Å². The maximum absolute atomic E-state index is 13.0. The number of halogens is 1. The van der Waals surface area contributed by atoms with Crippen LogP contribution >= 0.6 is 0 Å². The van der Waals surface area contributed by atoms with Crippen LogP contribution in [0.3, 0.4) is 0 Å². The van der Waals surface area contributed by atoms with Crippen LogP contribution in [0.4, 0.5) is 10.1 Å². The fraction of sp³-hybridized carbons (Fsp3) is 0.455. The normalized spacial score (nSPS) is 17.7. The van der Waals surface area contributed by atoms with E-state index in [9.17, 15) is 4.39 Å². The second kappa shape index (κ2) is 8.09. The van der Waals surface area contributed by atoms with Crippen LogP contribution < -0.4 is 10.1 Å². The molecule has 0 spiro atoms. The first-order valence-electron chi connectivity index (χ1n) is 9.73. The number of piperidine rings is 1. The van der Waals surface area contributed by atoms with Crippen molar-refractivity contribution < 1.29 is 9.13 Å². The standard InChI is InChI=1S/C22H27FN2O/c23-20-6-4-17(5-7-20)9-13-25-14-10-18(11-15-25)16-26-21-3-1-2-19-8-12-24-22(19)21/h1-7,18,24H,8-16H2. The van der Waals surface area contributed by atoms with Gasteiger partial charge in [-0.2, -0.15) is 0 Å². The molecule has 0 aliphatic carbocycles. The summed E-state index contributed by atoms with van der Waals surface area (Å²) in [6, 6.07) is 13.2. The molecule has 2 aromatic carbocycles. The summed E-state index contributed by atoms with van der Waals surface area (Å²) in [5.41, 5.74) is 3.78. The predicted octanol–water partition coefficient (Wildman–Crippen LogP) is 4.13. The zero-order valence-electron chi connectivity index (χ0n) is 15.2. The minimum atomic E-state index is -0.158. The molecule has 0 radical (unpaired) electrons. The van der Waals surface area contributed by atoms with E-state index in [2.05, 4.69) is 28.4 Å². The Morgan fingerprint density at radius 3 is 2.69 bits per heavy atom. The second-order valence-electron chi connectivity index (χ2n) is 7.44. The molecule has 1 fully saturated rings. The highest BCUT2D eigenvalue weighted by atomic mass is 19.1. The van der Waals surface area contributed by atoms with E-state index in [-0.39, 0.29) is 5.82 Å². The van der Waals surface area contributed by atoms with Gasteiger partial charge in [-0.1, -0.05) is 24.3 Å². The van der Waals surface area contributed by atoms with Crippen molar-refractivity contribution >= 4 is 5.69 Å². The second-order valence-corrected chi connectivity index (χ2v) is 7.44. The van der Waals surface area contributed by atoms with Gasteiger partial charge in [0, 0.05) is 13.1 Å². The van der Waals surface area contributed by atoms with Crippen molar-refractivity contribution in [1.82, 2.24) is 4.90 Å². The molecule has 4 rings (SSSR count). The maximum Gasteiger partial charge on any atom is 0.142 e. The summed E-state index contributed by atoms with van der Waals surface area (Å²) >= 11 is 0. The van der Waals surface area contributed by atoms with Crippen LogP contribution in [0.15, 0.2) is 42.5 Å². The Kier molecular flexibility index (Phi) is 5.40. The van der Waals surface area contributed by atoms with Gasteiger partial charge >= 0.3 is 0 Å². The molecule has 0 aromatic heterocycles. The number of fused-ring (bicyclic) bond motifs is 1. The first-order chi connectivity index (χ1) is 12.8. The van der Waals surface area contributed by atoms with Gasteiger partial charge in [-0.05, 0) is 74.0 Å². The molecule has 138 valence electrons. The Bertz CT molecular complexity index is 723. The van der Waals surface area contributed by atoms with E-state index in [1.165, 1.54) is 29.7 Å². The van der Waals surface area contributed by atoms with Crippen molar-refractivity contribution in [2.24, 2.45) is 5.92 Å². The summed E-state index contributed by atoms with van der Waals surface area (Å²) in [7, 11) is 0. The monoisotopic (exact) mass is 354 g/mol. The highest BCUT2D eigenvalue weighted by Crippen LogP contribution is 2.33. The van der Waals surface area contributed by atoms with Crippen LogP contribution in [0.2, 0.25) is 0 Å². The third-order valence-electron chi connectivity index (χ3n) is 5.62. The molecule has 0 bridgehead atoms. The molecule has 2 aromatic rings. The molecule has 0 saturated carbocycles. The number of hydrogen-bond acceptors (Lipinski definition) is 3. The van der Waals surface area contributed by atoms with E-state index >= 15 is 0 Å². The highest BCUT2D eigenvalue weighted by Gasteiger charge is 2.21. The van der Waals surface area contributed by atoms with Crippen molar-refractivity contribution in [3.8, 4) is 5.75 Å². The number of rotatable bonds is 6. The largest absolute Gasteiger partial charge is 0.491 e. The van der Waals surface area contributed by atoms with Crippen molar-refractivity contribution in [2.45, 2.75) is 25.7 Å². The third kappa shape index (κ3) is 4.18. The van der Waals surface area contributed by atoms with Crippen LogP contribution in [0.5, 0.6) is 5.75 Å². The van der Waals surface area contributed by atoms with Crippen molar-refractivity contribution in [2.75, 3.05) is 38.1 Å². The third-order valence-corrected chi connectivity index (χ3v) is 5.62. The maximum atomic E-state index is 13.0. The molecule has 0 amide bonds. The van der Waals surface area contributed by atoms with Gasteiger partial charge in [0.25, 0.3) is 0 Å². The Labute approximate surface area is 155 Å². The Balaban J connectivity index is 1.20. The molecule has 3 nitrogen and oxygen atoms in total. The van der Waals surface area contributed by atoms with E-state index in [1.807, 2.05) is 12.1 Å². The zero-order chi connectivity index (χ0) is 17.8. The minimum absolute atomic E-state index is 0.158. The van der Waals surface area contributed by atoms with E-state index in [0.29, 0.717) is 5.92 Å². The Hall–Kier alpha value is -2.07. The summed E-state index contributed by atoms with van der Waals surface area (Å²) in [6.07, 6.45) is 4.46. The average molecular weight is 354 g/mol. The topological polar surface area (TPSA) is 24.5 Å². The van der Waals surface area contributed by atoms with E-state index < -0.39 is 0 Å². The molecule has 0 unspecified atom stereocenters. The van der Waals surface area contributed by atoms with Crippen LogP contribution in [0.25, 0.3) is 0 Å². The first-order valence-corrected chi connectivity index (χ1v) is 9.73. The minimum Gasteiger partial charge on any atom is -0.491 e. The molecule has 1 N–H and O–H groups in total. The van der Waals surface area contributed by atoms with Gasteiger partial charge in [0.05, 0.1) is 12.3 Å². The fourth-order valence-electron chi connectivity index (χ4n) is 3.95. The number of para-hydroxylation sites is 1. The number of nitrogens with one attached hydrogen (secondary N) is 1. The number of likely N-dealkylation sites (tertiary alicyclic amines) is 1. The molecule has 26 heavy (non-hydrogen) atoms. The summed E-state index contributed by atoms with van der Waals surface area (Å²) in [4.78, 5) is 2.52. The van der Waals surface area contributed by atoms with Crippen LogP contribution in [-0.4, -0.2) is 37.7 Å². The molecule has 2 aliphatic rings. The van der Waals surface area contributed by atoms with E-state index in [1.54, 1.807) is 12.1 Å². The van der Waals surface area contributed by atoms with Gasteiger partial charge in [-0.25, -0.2) is 4.39 Å². The van der Waals surface area contributed by atoms with E-state index in [4.69, 9.17) is 4.74 Å². The highest BCUT2D eigenvalue weighted by molar-refractivity contribution is 5.65. The summed E-state index contributed by atoms with van der Waals surface area (Å²) in [5.74, 6) is 1.49. The lowest BCUT2D eigenvalue weighted by Gasteiger charge is -2.32. The number of hydrogen-bond donors (Lipinski definition) is 1. The molecule has 2 aliphatic heterocycles. The van der Waals surface area contributed by atoms with Gasteiger partial charge in [0.1, 0.15) is 11.6 Å². The molecule has 1 saturated heterocycles. The quantitative estimate of drug-likeness (QED) is 0.844. The number of nitrogens with zero attached hydrogens (tertiary/aromatic N) is 1. The van der Waals surface area contributed by atoms with Crippen molar-refractivity contribution in [1.29, 1.82) is 0 Å². The zero-order valence-corrected chi connectivity index (χ0v) is 15.2. The molecule has 0 atom stereocenters. The molecular formula is C22H27FN2O. The van der Waals surface area contributed by atoms with E-state index in [0.717, 1.165) is 51.4 Å². The fourth-order valence-corrected chi connectivity index (χ4v) is 3.95. The molecular weight excluding hydrogens is 327 g/mol. The predicted molar refractivity (Wildman–Crippen MR) is 103 cm³/mol. The SMILES string of the molecule is Fc1ccc(CCN2CCC(COc3cccc4c3NCC4)CC2)cc1. The van der Waals surface area contributed by atoms with Gasteiger partial charge in [-0.3, -0.25) is 0 Å². The molecule has 2 heterocycles. The number of benzene rings is 2. The van der Waals surface area contributed by atoms with Crippen LogP contribution in [0.1, 0.15) is 24.0 Å². The number of ether oxygens (including phenoxy) is 1. The summed E-state index contributed by atoms with van der Waals surface area (Å²) < 4.78 is 19.1. The number of anilines is 1. The summed E-state index contributed by atoms with van der Waals surface area (Å²) in [6.45, 7) is 5.13. The summed E-state index contributed by atoms with van der Waals surface area (Å²) in [5, 5.41) is 3.44. The van der Waals surface area contributed by atoms with Crippen molar-refractivity contribution in [3.63, 3.8) is 0 Å². The van der Waals surface area contributed by atoms with Crippen LogP contribution in [0, 0.1) is 11.7 Å². The van der Waals surface area contributed by atoms with Gasteiger partial charge in [0.2, 0.25) is 0 Å². The lowest BCUT2D eigenvalue weighted by Crippen LogP contribution is -2.36. The van der Waals surface area contributed by atoms with Gasteiger partial charge in [-0.15, -0.1) is 0 Å². The van der Waals surface area contributed by atoms with Crippen molar-refractivity contribution in [3.05, 3.63) is 59.4 Å². The Morgan fingerprint density at radius 1 is 1.08 bits per heavy atom. The smallest absolute Gasteiger partial charge is 0.142 e. The molecule has 4 heteroatoms. The first kappa shape index (κ1) is 17.3.